The van der Waals surface area contributed by atoms with Gasteiger partial charge in [-0.05, 0) is 38.8 Å². The van der Waals surface area contributed by atoms with Gasteiger partial charge < -0.3 is 10.6 Å². The van der Waals surface area contributed by atoms with Crippen LogP contribution in [0, 0.1) is 0 Å². The molecule has 0 amide bonds. The minimum atomic E-state index is -2.80. The van der Waals surface area contributed by atoms with Crippen LogP contribution in [0.4, 0.5) is 0 Å². The van der Waals surface area contributed by atoms with Crippen molar-refractivity contribution >= 4 is 39.8 Å². The highest BCUT2D eigenvalue weighted by Crippen LogP contribution is 2.35. The Kier molecular flexibility index (Phi) is 10.4. The van der Waals surface area contributed by atoms with E-state index in [9.17, 15) is 8.42 Å². The van der Waals surface area contributed by atoms with Gasteiger partial charge in [0.25, 0.3) is 0 Å². The summed E-state index contributed by atoms with van der Waals surface area (Å²) in [7, 11) is -0.973. The zero-order valence-corrected chi connectivity index (χ0v) is 21.1. The third-order valence-electron chi connectivity index (χ3n) is 6.78. The number of halogens is 1. The topological polar surface area (TPSA) is 77.0 Å². The fraction of sp³-hybridized carbons (Fsp3) is 0.950. The first kappa shape index (κ1) is 25.1. The molecule has 3 fully saturated rings. The van der Waals surface area contributed by atoms with Gasteiger partial charge in [-0.1, -0.05) is 25.7 Å². The number of likely N-dealkylation sites (tertiary alicyclic amines) is 1. The summed E-state index contributed by atoms with van der Waals surface area (Å²) in [4.78, 5) is 9.39. The van der Waals surface area contributed by atoms with Crippen LogP contribution in [0.15, 0.2) is 4.99 Å². The fourth-order valence-corrected chi connectivity index (χ4v) is 6.23. The van der Waals surface area contributed by atoms with Gasteiger partial charge in [-0.15, -0.1) is 24.0 Å². The molecule has 0 unspecified atom stereocenters. The van der Waals surface area contributed by atoms with Crippen molar-refractivity contribution in [1.82, 2.24) is 20.4 Å². The molecule has 7 nitrogen and oxygen atoms in total. The van der Waals surface area contributed by atoms with E-state index >= 15 is 0 Å². The average Bonchev–Trinajstić information content (AvgIpc) is 2.73. The molecule has 3 rings (SSSR count). The normalized spacial score (nSPS) is 25.8. The Morgan fingerprint density at radius 1 is 0.931 bits per heavy atom. The van der Waals surface area contributed by atoms with Gasteiger partial charge >= 0.3 is 0 Å². The molecule has 1 saturated carbocycles. The number of nitrogens with one attached hydrogen (secondary N) is 2. The van der Waals surface area contributed by atoms with E-state index < -0.39 is 9.84 Å². The van der Waals surface area contributed by atoms with Gasteiger partial charge in [-0.2, -0.15) is 0 Å². The van der Waals surface area contributed by atoms with E-state index in [0.29, 0.717) is 24.6 Å². The maximum atomic E-state index is 11.5. The van der Waals surface area contributed by atoms with Gasteiger partial charge in [0, 0.05) is 45.3 Å². The molecule has 0 spiro atoms. The highest BCUT2D eigenvalue weighted by atomic mass is 127. The first-order valence-electron chi connectivity index (χ1n) is 11.2. The number of rotatable bonds is 6. The van der Waals surface area contributed by atoms with Crippen molar-refractivity contribution in [2.24, 2.45) is 4.99 Å². The Hall–Kier alpha value is -0.130. The predicted molar refractivity (Wildman–Crippen MR) is 131 cm³/mol. The molecule has 9 heteroatoms. The van der Waals surface area contributed by atoms with E-state index in [2.05, 4.69) is 25.4 Å². The lowest BCUT2D eigenvalue weighted by atomic mass is 9.79. The van der Waals surface area contributed by atoms with Gasteiger partial charge in [0.2, 0.25) is 0 Å². The lowest BCUT2D eigenvalue weighted by molar-refractivity contribution is 0.0368. The second-order valence-electron chi connectivity index (χ2n) is 8.68. The molecule has 2 N–H and O–H groups in total. The van der Waals surface area contributed by atoms with Gasteiger partial charge in [-0.3, -0.25) is 14.8 Å². The lowest BCUT2D eigenvalue weighted by Gasteiger charge is -2.48. The van der Waals surface area contributed by atoms with Crippen molar-refractivity contribution in [2.75, 3.05) is 64.4 Å². The molecule has 0 atom stereocenters. The van der Waals surface area contributed by atoms with E-state index in [0.717, 1.165) is 25.6 Å². The van der Waals surface area contributed by atoms with Crippen LogP contribution >= 0.6 is 24.0 Å². The van der Waals surface area contributed by atoms with Crippen LogP contribution < -0.4 is 10.6 Å². The zero-order chi connectivity index (χ0) is 19.9. The molecular formula is C20H40IN5O2S. The molecule has 0 radical (unpaired) electrons. The molecule has 0 bridgehead atoms. The van der Waals surface area contributed by atoms with Crippen LogP contribution in [0.2, 0.25) is 0 Å². The summed E-state index contributed by atoms with van der Waals surface area (Å²) in [6, 6.07) is 0. The molecule has 0 aromatic heterocycles. The molecule has 2 heterocycles. The molecule has 29 heavy (non-hydrogen) atoms. The van der Waals surface area contributed by atoms with Gasteiger partial charge in [0.1, 0.15) is 0 Å². The van der Waals surface area contributed by atoms with Crippen LogP contribution in [0.5, 0.6) is 0 Å². The number of nitrogens with zero attached hydrogens (tertiary/aromatic N) is 3. The monoisotopic (exact) mass is 541 g/mol. The Balaban J connectivity index is 0.00000300. The van der Waals surface area contributed by atoms with Crippen molar-refractivity contribution < 1.29 is 8.42 Å². The summed E-state index contributed by atoms with van der Waals surface area (Å²) in [5, 5.41) is 7.04. The fourth-order valence-electron chi connectivity index (χ4n) is 4.96. The van der Waals surface area contributed by atoms with Crippen molar-refractivity contribution in [3.8, 4) is 0 Å². The average molecular weight is 542 g/mol. The smallest absolute Gasteiger partial charge is 0.191 e. The Morgan fingerprint density at radius 3 is 2.17 bits per heavy atom. The number of piperidine rings is 1. The first-order valence-corrected chi connectivity index (χ1v) is 13.0. The van der Waals surface area contributed by atoms with Crippen LogP contribution in [0.25, 0.3) is 0 Å². The van der Waals surface area contributed by atoms with Crippen LogP contribution in [-0.4, -0.2) is 94.1 Å². The first-order chi connectivity index (χ1) is 13.5. The molecule has 2 saturated heterocycles. The van der Waals surface area contributed by atoms with Crippen LogP contribution in [0.1, 0.15) is 51.4 Å². The third-order valence-corrected chi connectivity index (χ3v) is 8.39. The highest BCUT2D eigenvalue weighted by Gasteiger charge is 2.38. The minimum absolute atomic E-state index is 0. The molecule has 170 valence electrons. The van der Waals surface area contributed by atoms with Crippen molar-refractivity contribution in [1.29, 1.82) is 0 Å². The minimum Gasteiger partial charge on any atom is -0.355 e. The maximum absolute atomic E-state index is 11.5. The summed E-state index contributed by atoms with van der Waals surface area (Å²) in [6.07, 6.45) is 10.7. The quantitative estimate of drug-likeness (QED) is 0.303. The van der Waals surface area contributed by atoms with Crippen LogP contribution in [0.3, 0.4) is 0 Å². The van der Waals surface area contributed by atoms with Gasteiger partial charge in [0.15, 0.2) is 15.8 Å². The van der Waals surface area contributed by atoms with E-state index in [1.165, 1.54) is 64.5 Å². The van der Waals surface area contributed by atoms with Gasteiger partial charge in [0.05, 0.1) is 11.5 Å². The molecule has 0 aromatic carbocycles. The highest BCUT2D eigenvalue weighted by molar-refractivity contribution is 14.0. The molecule has 3 aliphatic rings. The van der Waals surface area contributed by atoms with Crippen molar-refractivity contribution in [3.63, 3.8) is 0 Å². The predicted octanol–water partition coefficient (Wildman–Crippen LogP) is 1.69. The summed E-state index contributed by atoms with van der Waals surface area (Å²) in [5.41, 5.74) is 0.289. The van der Waals surface area contributed by atoms with E-state index in [1.807, 2.05) is 7.05 Å². The molecule has 1 aliphatic carbocycles. The molecular weight excluding hydrogens is 501 g/mol. The van der Waals surface area contributed by atoms with Crippen molar-refractivity contribution in [3.05, 3.63) is 0 Å². The largest absolute Gasteiger partial charge is 0.355 e. The number of hydrogen-bond acceptors (Lipinski definition) is 5. The number of guanidine groups is 1. The molecule has 2 aliphatic heterocycles. The van der Waals surface area contributed by atoms with Crippen LogP contribution in [-0.2, 0) is 9.84 Å². The Morgan fingerprint density at radius 2 is 1.55 bits per heavy atom. The Labute approximate surface area is 194 Å². The second kappa shape index (κ2) is 12.0. The maximum Gasteiger partial charge on any atom is 0.191 e. The summed E-state index contributed by atoms with van der Waals surface area (Å²) in [5.74, 6) is 1.45. The van der Waals surface area contributed by atoms with E-state index in [-0.39, 0.29) is 29.5 Å². The van der Waals surface area contributed by atoms with E-state index in [4.69, 9.17) is 0 Å². The Bertz CT molecular complexity index is 602. The van der Waals surface area contributed by atoms with Crippen molar-refractivity contribution in [2.45, 2.75) is 56.9 Å². The summed E-state index contributed by atoms with van der Waals surface area (Å²) in [6.45, 7) is 6.39. The van der Waals surface area contributed by atoms with Gasteiger partial charge in [-0.25, -0.2) is 8.42 Å². The molecule has 0 aromatic rings. The zero-order valence-electron chi connectivity index (χ0n) is 18.0. The van der Waals surface area contributed by atoms with E-state index in [1.54, 1.807) is 0 Å². The number of hydrogen-bond donors (Lipinski definition) is 2. The standard InChI is InChI=1S/C20H39N5O2S.HI/c1-21-19(22-10-13-24-14-16-28(26,27)17-15-24)23-18-20(8-4-2-5-9-20)25-11-6-3-7-12-25;/h2-18H2,1H3,(H2,21,22,23);1H. The third kappa shape index (κ3) is 7.50. The summed E-state index contributed by atoms with van der Waals surface area (Å²) >= 11 is 0. The second-order valence-corrected chi connectivity index (χ2v) is 11.0. The SMILES string of the molecule is CN=C(NCCN1CCS(=O)(=O)CC1)NCC1(N2CCCCC2)CCCCC1.I. The number of aliphatic imine (C=N–C) groups is 1. The number of sulfone groups is 1. The lowest BCUT2D eigenvalue weighted by Crippen LogP contribution is -2.59. The summed E-state index contributed by atoms with van der Waals surface area (Å²) < 4.78 is 23.1.